The summed E-state index contributed by atoms with van der Waals surface area (Å²) < 4.78 is 13.4. The highest BCUT2D eigenvalue weighted by Crippen LogP contribution is 2.37. The van der Waals surface area contributed by atoms with Crippen molar-refractivity contribution in [1.82, 2.24) is 5.32 Å². The first kappa shape index (κ1) is 13.5. The Kier molecular flexibility index (Phi) is 3.84. The van der Waals surface area contributed by atoms with Crippen molar-refractivity contribution in [3.05, 3.63) is 35.1 Å². The second-order valence-corrected chi connectivity index (χ2v) is 5.17. The Morgan fingerprint density at radius 2 is 2.16 bits per heavy atom. The van der Waals surface area contributed by atoms with Gasteiger partial charge in [-0.15, -0.1) is 0 Å². The van der Waals surface area contributed by atoms with Gasteiger partial charge in [0.15, 0.2) is 0 Å². The molecule has 4 heteroatoms. The van der Waals surface area contributed by atoms with Gasteiger partial charge in [0, 0.05) is 6.54 Å². The van der Waals surface area contributed by atoms with Crippen LogP contribution in [0.3, 0.4) is 0 Å². The van der Waals surface area contributed by atoms with Crippen LogP contribution >= 0.6 is 0 Å². The summed E-state index contributed by atoms with van der Waals surface area (Å²) in [6.45, 7) is 1.96. The summed E-state index contributed by atoms with van der Waals surface area (Å²) in [6, 6.07) is 7.04. The molecule has 100 valence electrons. The van der Waals surface area contributed by atoms with Crippen LogP contribution in [0.4, 0.5) is 4.39 Å². The highest BCUT2D eigenvalue weighted by Gasteiger charge is 2.41. The second kappa shape index (κ2) is 5.40. The van der Waals surface area contributed by atoms with E-state index < -0.39 is 5.41 Å². The molecular weight excluding hydrogens is 243 g/mol. The largest absolute Gasteiger partial charge is 0.351 e. The third kappa shape index (κ3) is 2.76. The number of halogens is 1. The van der Waals surface area contributed by atoms with Gasteiger partial charge < -0.3 is 5.32 Å². The minimum atomic E-state index is -0.872. The molecule has 1 aromatic rings. The Morgan fingerprint density at radius 3 is 2.74 bits per heavy atom. The van der Waals surface area contributed by atoms with E-state index in [9.17, 15) is 14.4 Å². The standard InChI is InChI=1S/C15H17FN2O/c1-11-4-5-12(8-13(11)16)9-18-14(19)15(10-17)6-2-3-7-15/h4-5,8H,2-3,6-7,9H2,1H3,(H,18,19). The maximum atomic E-state index is 13.4. The molecule has 0 aromatic heterocycles. The molecule has 0 radical (unpaired) electrons. The number of hydrogen-bond acceptors (Lipinski definition) is 2. The van der Waals surface area contributed by atoms with Crippen LogP contribution in [0.2, 0.25) is 0 Å². The van der Waals surface area contributed by atoms with Gasteiger partial charge in [-0.1, -0.05) is 25.0 Å². The molecule has 1 aliphatic rings. The molecule has 0 heterocycles. The molecule has 0 atom stereocenters. The lowest BCUT2D eigenvalue weighted by Crippen LogP contribution is -2.37. The fourth-order valence-corrected chi connectivity index (χ4v) is 2.47. The molecule has 1 amide bonds. The molecule has 0 unspecified atom stereocenters. The van der Waals surface area contributed by atoms with Crippen LogP contribution in [0.5, 0.6) is 0 Å². The average molecular weight is 260 g/mol. The van der Waals surface area contributed by atoms with E-state index in [2.05, 4.69) is 11.4 Å². The number of carbonyl (C=O) groups excluding carboxylic acids is 1. The van der Waals surface area contributed by atoms with Crippen LogP contribution in [0.25, 0.3) is 0 Å². The van der Waals surface area contributed by atoms with Gasteiger partial charge in [0.25, 0.3) is 0 Å². The van der Waals surface area contributed by atoms with E-state index in [4.69, 9.17) is 0 Å². The van der Waals surface area contributed by atoms with Gasteiger partial charge in [-0.2, -0.15) is 5.26 Å². The Balaban J connectivity index is 2.00. The molecule has 2 rings (SSSR count). The zero-order chi connectivity index (χ0) is 13.9. The second-order valence-electron chi connectivity index (χ2n) is 5.17. The third-order valence-corrected chi connectivity index (χ3v) is 3.80. The molecule has 1 N–H and O–H groups in total. The quantitative estimate of drug-likeness (QED) is 0.908. The maximum absolute atomic E-state index is 13.4. The van der Waals surface area contributed by atoms with E-state index in [1.54, 1.807) is 19.1 Å². The van der Waals surface area contributed by atoms with E-state index in [1.165, 1.54) is 6.07 Å². The molecule has 1 fully saturated rings. The number of aryl methyl sites for hydroxylation is 1. The number of amides is 1. The molecule has 1 aliphatic carbocycles. The molecule has 3 nitrogen and oxygen atoms in total. The maximum Gasteiger partial charge on any atom is 0.240 e. The van der Waals surface area contributed by atoms with Crippen molar-refractivity contribution in [3.8, 4) is 6.07 Å². The lowest BCUT2D eigenvalue weighted by atomic mass is 9.87. The molecule has 0 aliphatic heterocycles. The highest BCUT2D eigenvalue weighted by molar-refractivity contribution is 5.85. The first-order chi connectivity index (χ1) is 9.07. The molecule has 0 saturated heterocycles. The van der Waals surface area contributed by atoms with Gasteiger partial charge >= 0.3 is 0 Å². The number of nitrogens with one attached hydrogen (secondary N) is 1. The molecule has 0 spiro atoms. The Hall–Kier alpha value is -1.89. The Bertz CT molecular complexity index is 527. The number of hydrogen-bond donors (Lipinski definition) is 1. The Labute approximate surface area is 112 Å². The van der Waals surface area contributed by atoms with E-state index in [1.807, 2.05) is 0 Å². The van der Waals surface area contributed by atoms with Gasteiger partial charge in [0.2, 0.25) is 5.91 Å². The summed E-state index contributed by atoms with van der Waals surface area (Å²) in [5.74, 6) is -0.504. The minimum Gasteiger partial charge on any atom is -0.351 e. The van der Waals surface area contributed by atoms with Crippen molar-refractivity contribution >= 4 is 5.91 Å². The summed E-state index contributed by atoms with van der Waals surface area (Å²) in [6.07, 6.45) is 3.08. The zero-order valence-corrected chi connectivity index (χ0v) is 11.0. The highest BCUT2D eigenvalue weighted by atomic mass is 19.1. The summed E-state index contributed by atoms with van der Waals surface area (Å²) in [7, 11) is 0. The monoisotopic (exact) mass is 260 g/mol. The first-order valence-corrected chi connectivity index (χ1v) is 6.52. The van der Waals surface area contributed by atoms with Gasteiger partial charge in [-0.05, 0) is 37.0 Å². The number of benzene rings is 1. The smallest absolute Gasteiger partial charge is 0.240 e. The van der Waals surface area contributed by atoms with Crippen molar-refractivity contribution in [1.29, 1.82) is 5.26 Å². The zero-order valence-electron chi connectivity index (χ0n) is 11.0. The van der Waals surface area contributed by atoms with Gasteiger partial charge in [-0.3, -0.25) is 4.79 Å². The van der Waals surface area contributed by atoms with Crippen molar-refractivity contribution < 1.29 is 9.18 Å². The van der Waals surface area contributed by atoms with Crippen molar-refractivity contribution in [2.24, 2.45) is 5.41 Å². The summed E-state index contributed by atoms with van der Waals surface area (Å²) >= 11 is 0. The number of carbonyl (C=O) groups is 1. The van der Waals surface area contributed by atoms with Crippen LogP contribution in [-0.2, 0) is 11.3 Å². The lowest BCUT2D eigenvalue weighted by Gasteiger charge is -2.19. The topological polar surface area (TPSA) is 52.9 Å². The van der Waals surface area contributed by atoms with E-state index in [0.717, 1.165) is 12.8 Å². The third-order valence-electron chi connectivity index (χ3n) is 3.80. The SMILES string of the molecule is Cc1ccc(CNC(=O)C2(C#N)CCCC2)cc1F. The predicted octanol–water partition coefficient (Wildman–Crippen LogP) is 2.83. The molecule has 1 saturated carbocycles. The fraction of sp³-hybridized carbons (Fsp3) is 0.467. The van der Waals surface area contributed by atoms with E-state index in [0.29, 0.717) is 24.0 Å². The summed E-state index contributed by atoms with van der Waals surface area (Å²) in [5.41, 5.74) is 0.422. The Morgan fingerprint density at radius 1 is 1.47 bits per heavy atom. The normalized spacial score (nSPS) is 16.9. The van der Waals surface area contributed by atoms with E-state index >= 15 is 0 Å². The molecule has 1 aromatic carbocycles. The van der Waals surface area contributed by atoms with Crippen LogP contribution in [0.1, 0.15) is 36.8 Å². The minimum absolute atomic E-state index is 0.228. The lowest BCUT2D eigenvalue weighted by molar-refractivity contribution is -0.128. The predicted molar refractivity (Wildman–Crippen MR) is 69.5 cm³/mol. The van der Waals surface area contributed by atoms with E-state index in [-0.39, 0.29) is 18.3 Å². The van der Waals surface area contributed by atoms with Crippen molar-refractivity contribution in [2.75, 3.05) is 0 Å². The van der Waals surface area contributed by atoms with Crippen molar-refractivity contribution in [3.63, 3.8) is 0 Å². The summed E-state index contributed by atoms with van der Waals surface area (Å²) in [4.78, 5) is 12.1. The first-order valence-electron chi connectivity index (χ1n) is 6.52. The number of rotatable bonds is 3. The van der Waals surface area contributed by atoms with Gasteiger partial charge in [0.05, 0.1) is 6.07 Å². The van der Waals surface area contributed by atoms with Crippen LogP contribution in [0, 0.1) is 29.5 Å². The van der Waals surface area contributed by atoms with Crippen LogP contribution in [-0.4, -0.2) is 5.91 Å². The fourth-order valence-electron chi connectivity index (χ4n) is 2.47. The van der Waals surface area contributed by atoms with Crippen LogP contribution < -0.4 is 5.32 Å². The average Bonchev–Trinajstić information content (AvgIpc) is 2.90. The molecular formula is C15H17FN2O. The molecule has 0 bridgehead atoms. The van der Waals surface area contributed by atoms with Crippen molar-refractivity contribution in [2.45, 2.75) is 39.2 Å². The number of nitriles is 1. The molecule has 19 heavy (non-hydrogen) atoms. The number of nitrogens with zero attached hydrogens (tertiary/aromatic N) is 1. The summed E-state index contributed by atoms with van der Waals surface area (Å²) in [5, 5.41) is 11.9. The van der Waals surface area contributed by atoms with Gasteiger partial charge in [-0.25, -0.2) is 4.39 Å². The van der Waals surface area contributed by atoms with Crippen LogP contribution in [0.15, 0.2) is 18.2 Å². The van der Waals surface area contributed by atoms with Gasteiger partial charge in [0.1, 0.15) is 11.2 Å².